The van der Waals surface area contributed by atoms with Crippen molar-refractivity contribution in [2.24, 2.45) is 5.73 Å². The second-order valence-electron chi connectivity index (χ2n) is 1.27. The Bertz CT molecular complexity index is 147. The average Bonchev–Trinajstić information content (AvgIpc) is 2.43. The molecule has 0 aliphatic carbocycles. The second kappa shape index (κ2) is 6.18. The summed E-state index contributed by atoms with van der Waals surface area (Å²) in [6.07, 6.45) is 1.77. The Morgan fingerprint density at radius 3 is 2.50 bits per heavy atom. The van der Waals surface area contributed by atoms with Crippen LogP contribution in [0.4, 0.5) is 0 Å². The maximum Gasteiger partial charge on any atom is 0.317 e. The maximum atomic E-state index is 9.24. The zero-order chi connectivity index (χ0) is 7.82. The zero-order valence-corrected chi connectivity index (χ0v) is 6.04. The number of hydrogen-bond donors (Lipinski definition) is 2. The molecule has 5 heteroatoms. The molecule has 0 fully saturated rings. The van der Waals surface area contributed by atoms with Gasteiger partial charge in [0.05, 0.1) is 12.1 Å². The molecular formula is C5H8N2O2S. The standard InChI is InChI=1S/C3H3NS.C2H5NO2/c1-2-5-3-4-1;3-1-2(4)5/h1-3H;1,3H2,(H,4,5). The van der Waals surface area contributed by atoms with Crippen molar-refractivity contribution in [2.45, 2.75) is 0 Å². The van der Waals surface area contributed by atoms with E-state index < -0.39 is 5.97 Å². The molecule has 0 aliphatic heterocycles. The predicted octanol–water partition coefficient (Wildman–Crippen LogP) is 0.173. The van der Waals surface area contributed by atoms with Gasteiger partial charge in [-0.2, -0.15) is 0 Å². The molecule has 0 spiro atoms. The van der Waals surface area contributed by atoms with Gasteiger partial charge in [-0.3, -0.25) is 9.78 Å². The Balaban J connectivity index is 0.000000162. The highest BCUT2D eigenvalue weighted by atomic mass is 32.1. The molecule has 10 heavy (non-hydrogen) atoms. The van der Waals surface area contributed by atoms with Crippen molar-refractivity contribution in [3.8, 4) is 0 Å². The Morgan fingerprint density at radius 2 is 2.40 bits per heavy atom. The van der Waals surface area contributed by atoms with Crippen molar-refractivity contribution >= 4 is 17.3 Å². The fraction of sp³-hybridized carbons (Fsp3) is 0.200. The highest BCUT2D eigenvalue weighted by Gasteiger charge is 1.81. The van der Waals surface area contributed by atoms with E-state index >= 15 is 0 Å². The molecule has 0 aliphatic rings. The van der Waals surface area contributed by atoms with Crippen LogP contribution in [-0.4, -0.2) is 22.6 Å². The van der Waals surface area contributed by atoms with Gasteiger partial charge in [0.1, 0.15) is 0 Å². The van der Waals surface area contributed by atoms with Crippen LogP contribution in [0.3, 0.4) is 0 Å². The van der Waals surface area contributed by atoms with E-state index in [-0.39, 0.29) is 6.54 Å². The molecule has 3 N–H and O–H groups in total. The van der Waals surface area contributed by atoms with Gasteiger partial charge in [0.2, 0.25) is 0 Å². The summed E-state index contributed by atoms with van der Waals surface area (Å²) in [6, 6.07) is 0. The second-order valence-corrected chi connectivity index (χ2v) is 2.03. The van der Waals surface area contributed by atoms with Gasteiger partial charge in [-0.05, 0) is 0 Å². The lowest BCUT2D eigenvalue weighted by Gasteiger charge is -1.73. The molecule has 0 saturated carbocycles. The molecule has 1 aromatic rings. The fourth-order valence-electron chi connectivity index (χ4n) is 0.176. The molecule has 0 unspecified atom stereocenters. The van der Waals surface area contributed by atoms with E-state index in [9.17, 15) is 4.79 Å². The molecule has 0 bridgehead atoms. The van der Waals surface area contributed by atoms with E-state index in [0.717, 1.165) is 0 Å². The van der Waals surface area contributed by atoms with E-state index in [2.05, 4.69) is 10.7 Å². The molecule has 0 atom stereocenters. The Labute approximate surface area is 62.3 Å². The molecule has 1 aromatic heterocycles. The Morgan fingerprint density at radius 1 is 1.80 bits per heavy atom. The summed E-state index contributed by atoms with van der Waals surface area (Å²) < 4.78 is 0. The van der Waals surface area contributed by atoms with Crippen molar-refractivity contribution in [1.29, 1.82) is 0 Å². The quantitative estimate of drug-likeness (QED) is 0.614. The number of hydrogen-bond acceptors (Lipinski definition) is 4. The summed E-state index contributed by atoms with van der Waals surface area (Å²) in [7, 11) is 0. The van der Waals surface area contributed by atoms with Crippen molar-refractivity contribution in [3.05, 3.63) is 17.1 Å². The largest absolute Gasteiger partial charge is 0.480 e. The molecule has 4 nitrogen and oxygen atoms in total. The molecule has 0 aromatic carbocycles. The lowest BCUT2D eigenvalue weighted by atomic mass is 10.7. The summed E-state index contributed by atoms with van der Waals surface area (Å²) in [5.41, 5.74) is 6.36. The third-order valence-corrected chi connectivity index (χ3v) is 1.04. The minimum absolute atomic E-state index is 0.278. The molecule has 0 radical (unpaired) electrons. The van der Waals surface area contributed by atoms with Gasteiger partial charge < -0.3 is 10.8 Å². The molecule has 56 valence electrons. The Hall–Kier alpha value is -0.940. The summed E-state index contributed by atoms with van der Waals surface area (Å²) in [5.74, 6) is -0.968. The van der Waals surface area contributed by atoms with Gasteiger partial charge in [-0.1, -0.05) is 0 Å². The van der Waals surface area contributed by atoms with Gasteiger partial charge >= 0.3 is 5.97 Å². The van der Waals surface area contributed by atoms with Crippen LogP contribution >= 0.6 is 11.3 Å². The number of aromatic nitrogens is 1. The highest BCUT2D eigenvalue weighted by molar-refractivity contribution is 7.07. The number of nitrogens with zero attached hydrogens (tertiary/aromatic N) is 1. The van der Waals surface area contributed by atoms with E-state index in [0.29, 0.717) is 0 Å². The number of carbonyl (C=O) groups is 1. The number of carboxylic acids is 1. The van der Waals surface area contributed by atoms with Crippen molar-refractivity contribution in [1.82, 2.24) is 4.98 Å². The van der Waals surface area contributed by atoms with Gasteiger partial charge in [-0.25, -0.2) is 0 Å². The number of aliphatic carboxylic acids is 1. The molecular weight excluding hydrogens is 152 g/mol. The summed E-state index contributed by atoms with van der Waals surface area (Å²) in [6.45, 7) is -0.278. The maximum absolute atomic E-state index is 9.24. The lowest BCUT2D eigenvalue weighted by Crippen LogP contribution is -2.10. The van der Waals surface area contributed by atoms with Gasteiger partial charge in [0.25, 0.3) is 0 Å². The van der Waals surface area contributed by atoms with Crippen LogP contribution in [-0.2, 0) is 4.79 Å². The van der Waals surface area contributed by atoms with Crippen LogP contribution in [0, 0.1) is 0 Å². The van der Waals surface area contributed by atoms with Crippen LogP contribution in [0.2, 0.25) is 0 Å². The highest BCUT2D eigenvalue weighted by Crippen LogP contribution is 1.85. The third-order valence-electron chi connectivity index (χ3n) is 0.522. The first kappa shape index (κ1) is 9.06. The number of nitrogens with two attached hydrogens (primary N) is 1. The summed E-state index contributed by atoms with van der Waals surface area (Å²) in [5, 5.41) is 9.53. The van der Waals surface area contributed by atoms with Crippen molar-refractivity contribution in [3.63, 3.8) is 0 Å². The van der Waals surface area contributed by atoms with Crippen molar-refractivity contribution < 1.29 is 9.90 Å². The SMILES string of the molecule is NCC(=O)O.c1cscn1. The van der Waals surface area contributed by atoms with E-state index in [1.807, 2.05) is 5.38 Å². The normalized spacial score (nSPS) is 7.70. The minimum Gasteiger partial charge on any atom is -0.480 e. The van der Waals surface area contributed by atoms with Gasteiger partial charge in [0, 0.05) is 11.6 Å². The van der Waals surface area contributed by atoms with E-state index in [4.69, 9.17) is 5.11 Å². The first-order valence-corrected chi connectivity index (χ1v) is 3.45. The minimum atomic E-state index is -0.968. The van der Waals surface area contributed by atoms with Crippen LogP contribution in [0.1, 0.15) is 0 Å². The zero-order valence-electron chi connectivity index (χ0n) is 5.23. The first-order chi connectivity index (χ1) is 4.77. The monoisotopic (exact) mass is 160 g/mol. The van der Waals surface area contributed by atoms with E-state index in [1.165, 1.54) is 0 Å². The van der Waals surface area contributed by atoms with Crippen LogP contribution in [0.15, 0.2) is 17.1 Å². The topological polar surface area (TPSA) is 76.2 Å². The van der Waals surface area contributed by atoms with Gasteiger partial charge in [-0.15, -0.1) is 11.3 Å². The summed E-state index contributed by atoms with van der Waals surface area (Å²) >= 11 is 1.60. The van der Waals surface area contributed by atoms with E-state index in [1.54, 1.807) is 23.0 Å². The average molecular weight is 160 g/mol. The van der Waals surface area contributed by atoms with Crippen LogP contribution < -0.4 is 5.73 Å². The number of carboxylic acid groups (broad SMARTS) is 1. The molecule has 0 saturated heterocycles. The molecule has 1 rings (SSSR count). The lowest BCUT2D eigenvalue weighted by molar-refractivity contribution is -0.135. The third kappa shape index (κ3) is 7.06. The summed E-state index contributed by atoms with van der Waals surface area (Å²) in [4.78, 5) is 13.0. The number of thiazole rings is 1. The van der Waals surface area contributed by atoms with Crippen LogP contribution in [0.5, 0.6) is 0 Å². The fourth-order valence-corrected chi connectivity index (χ4v) is 0.527. The molecule has 0 amide bonds. The smallest absolute Gasteiger partial charge is 0.317 e. The number of rotatable bonds is 1. The Kier molecular flexibility index (Phi) is 5.60. The predicted molar refractivity (Wildman–Crippen MR) is 38.8 cm³/mol. The molecule has 1 heterocycles. The first-order valence-electron chi connectivity index (χ1n) is 2.51. The van der Waals surface area contributed by atoms with Gasteiger partial charge in [0.15, 0.2) is 0 Å². The van der Waals surface area contributed by atoms with Crippen molar-refractivity contribution in [2.75, 3.05) is 6.54 Å². The van der Waals surface area contributed by atoms with Crippen LogP contribution in [0.25, 0.3) is 0 Å².